The van der Waals surface area contributed by atoms with Crippen LogP contribution in [0.5, 0.6) is 0 Å². The highest BCUT2D eigenvalue weighted by Crippen LogP contribution is 2.43. The lowest BCUT2D eigenvalue weighted by Crippen LogP contribution is -2.47. The summed E-state index contributed by atoms with van der Waals surface area (Å²) in [6.45, 7) is 7.04. The van der Waals surface area contributed by atoms with Gasteiger partial charge in [0.25, 0.3) is 0 Å². The molecule has 226 valence electrons. The van der Waals surface area contributed by atoms with Gasteiger partial charge in [-0.25, -0.2) is 19.2 Å². The predicted molar refractivity (Wildman–Crippen MR) is 173 cm³/mol. The molecule has 0 unspecified atom stereocenters. The fourth-order valence-corrected chi connectivity index (χ4v) is 7.00. The van der Waals surface area contributed by atoms with E-state index in [4.69, 9.17) is 15.0 Å². The summed E-state index contributed by atoms with van der Waals surface area (Å²) in [5.74, 6) is 3.71. The van der Waals surface area contributed by atoms with Crippen LogP contribution in [0.15, 0.2) is 53.2 Å². The molecule has 0 bridgehead atoms. The lowest BCUT2D eigenvalue weighted by Gasteiger charge is -2.42. The Morgan fingerprint density at radius 2 is 1.70 bits per heavy atom. The molecule has 3 fully saturated rings. The monoisotopic (exact) mass is 599 g/mol. The first-order valence-electron chi connectivity index (χ1n) is 15.5. The number of pyridine rings is 2. The van der Waals surface area contributed by atoms with Gasteiger partial charge < -0.3 is 15.1 Å². The molecule has 7 rings (SSSR count). The first kappa shape index (κ1) is 28.2. The second-order valence-corrected chi connectivity index (χ2v) is 15.3. The molecule has 3 aliphatic rings. The summed E-state index contributed by atoms with van der Waals surface area (Å²) in [5, 5.41) is 4.26. The van der Waals surface area contributed by atoms with E-state index in [0.29, 0.717) is 29.3 Å². The Kier molecular flexibility index (Phi) is 7.54. The topological polar surface area (TPSA) is 104 Å². The number of likely N-dealkylation sites (tertiary alicyclic amines) is 1. The van der Waals surface area contributed by atoms with Gasteiger partial charge in [0.2, 0.25) is 5.95 Å². The van der Waals surface area contributed by atoms with Crippen LogP contribution < -0.4 is 10.2 Å². The van der Waals surface area contributed by atoms with Crippen molar-refractivity contribution in [3.63, 3.8) is 0 Å². The zero-order valence-electron chi connectivity index (χ0n) is 25.3. The lowest BCUT2D eigenvalue weighted by molar-refractivity contribution is 0.120. The Labute approximate surface area is 254 Å². The van der Waals surface area contributed by atoms with Gasteiger partial charge in [0.15, 0.2) is 11.5 Å². The van der Waals surface area contributed by atoms with E-state index >= 15 is 0 Å². The molecule has 0 amide bonds. The number of aromatic nitrogens is 5. The third-order valence-corrected chi connectivity index (χ3v) is 9.61. The third-order valence-electron chi connectivity index (χ3n) is 8.98. The van der Waals surface area contributed by atoms with Gasteiger partial charge in [0.05, 0.1) is 11.9 Å². The van der Waals surface area contributed by atoms with Crippen molar-refractivity contribution in [2.45, 2.75) is 57.4 Å². The summed E-state index contributed by atoms with van der Waals surface area (Å²) in [7, 11) is -2.32. The molecular weight excluding hydrogens is 558 g/mol. The molecule has 11 heteroatoms. The van der Waals surface area contributed by atoms with Gasteiger partial charge in [-0.15, -0.1) is 0 Å². The molecule has 2 saturated heterocycles. The van der Waals surface area contributed by atoms with Crippen LogP contribution in [0, 0.1) is 5.92 Å². The maximum Gasteiger partial charge on any atom is 0.230 e. The number of hydrogen-bond acceptors (Lipinski definition) is 9. The molecule has 10 nitrogen and oxygen atoms in total. The second-order valence-electron chi connectivity index (χ2n) is 12.7. The quantitative estimate of drug-likeness (QED) is 0.280. The van der Waals surface area contributed by atoms with Gasteiger partial charge >= 0.3 is 0 Å². The van der Waals surface area contributed by atoms with Crippen LogP contribution >= 0.6 is 0 Å². The van der Waals surface area contributed by atoms with Gasteiger partial charge in [-0.1, -0.05) is 13.0 Å². The number of nitrogens with zero attached hydrogens (tertiary/aromatic N) is 8. The predicted octanol–water partition coefficient (Wildman–Crippen LogP) is 5.89. The molecule has 43 heavy (non-hydrogen) atoms. The molecule has 0 atom stereocenters. The van der Waals surface area contributed by atoms with Crippen LogP contribution in [0.2, 0.25) is 0 Å². The average Bonchev–Trinajstić information content (AvgIpc) is 3.77. The maximum atomic E-state index is 12.3. The lowest BCUT2D eigenvalue weighted by atomic mass is 9.95. The van der Waals surface area contributed by atoms with Gasteiger partial charge in [0, 0.05) is 58.6 Å². The maximum absolute atomic E-state index is 12.3. The van der Waals surface area contributed by atoms with Crippen molar-refractivity contribution in [1.82, 2.24) is 29.4 Å². The fraction of sp³-hybridized carbons (Fsp3) is 0.500. The van der Waals surface area contributed by atoms with E-state index in [1.165, 1.54) is 44.5 Å². The third kappa shape index (κ3) is 6.38. The number of hydrogen-bond donors (Lipinski definition) is 1. The molecule has 0 aromatic carbocycles. The Morgan fingerprint density at radius 3 is 2.40 bits per heavy atom. The average molecular weight is 600 g/mol. The molecule has 0 radical (unpaired) electrons. The SMILES string of the molecule is CC1CCN(C2CCN(c3ccc(Nc4ncc5cc(C6CC6)n(-c6cccc(N=S(C)(C)=O)n6)c5n4)nc3)CC2)CC1. The summed E-state index contributed by atoms with van der Waals surface area (Å²) >= 11 is 0. The summed E-state index contributed by atoms with van der Waals surface area (Å²) < 4.78 is 18.7. The Morgan fingerprint density at radius 1 is 0.907 bits per heavy atom. The van der Waals surface area contributed by atoms with Crippen molar-refractivity contribution in [2.24, 2.45) is 10.3 Å². The molecule has 1 saturated carbocycles. The van der Waals surface area contributed by atoms with Crippen LogP contribution in [-0.4, -0.2) is 78.3 Å². The number of rotatable bonds is 7. The van der Waals surface area contributed by atoms with Gasteiger partial charge in [-0.2, -0.15) is 9.35 Å². The van der Waals surface area contributed by atoms with Gasteiger partial charge in [-0.3, -0.25) is 4.57 Å². The molecule has 0 spiro atoms. The van der Waals surface area contributed by atoms with E-state index in [1.807, 2.05) is 30.6 Å². The highest BCUT2D eigenvalue weighted by molar-refractivity contribution is 7.92. The summed E-state index contributed by atoms with van der Waals surface area (Å²) in [5.41, 5.74) is 3.11. The van der Waals surface area contributed by atoms with Crippen molar-refractivity contribution in [1.29, 1.82) is 0 Å². The van der Waals surface area contributed by atoms with Crippen LogP contribution in [0.1, 0.15) is 57.1 Å². The molecule has 1 N–H and O–H groups in total. The van der Waals surface area contributed by atoms with E-state index in [2.05, 4.69) is 48.1 Å². The summed E-state index contributed by atoms with van der Waals surface area (Å²) in [6, 6.07) is 12.7. The van der Waals surface area contributed by atoms with E-state index in [-0.39, 0.29) is 0 Å². The van der Waals surface area contributed by atoms with Crippen LogP contribution in [0.25, 0.3) is 16.9 Å². The van der Waals surface area contributed by atoms with Crippen molar-refractivity contribution in [3.8, 4) is 5.82 Å². The minimum Gasteiger partial charge on any atom is -0.370 e. The fourth-order valence-electron chi connectivity index (χ4n) is 6.45. The first-order valence-corrected chi connectivity index (χ1v) is 17.9. The summed E-state index contributed by atoms with van der Waals surface area (Å²) in [4.78, 5) is 24.1. The van der Waals surface area contributed by atoms with E-state index in [9.17, 15) is 4.21 Å². The van der Waals surface area contributed by atoms with E-state index in [0.717, 1.165) is 54.6 Å². The minimum atomic E-state index is -2.32. The zero-order valence-corrected chi connectivity index (χ0v) is 26.1. The van der Waals surface area contributed by atoms with Crippen LogP contribution in [0.4, 0.5) is 23.3 Å². The number of piperidine rings is 2. The van der Waals surface area contributed by atoms with Crippen molar-refractivity contribution in [2.75, 3.05) is 48.9 Å². The molecule has 4 aromatic rings. The van der Waals surface area contributed by atoms with Crippen molar-refractivity contribution in [3.05, 3.63) is 54.5 Å². The molecular formula is C32H41N9OS. The van der Waals surface area contributed by atoms with Crippen LogP contribution in [0.3, 0.4) is 0 Å². The number of anilines is 3. The molecule has 6 heterocycles. The van der Waals surface area contributed by atoms with E-state index < -0.39 is 9.73 Å². The number of nitrogens with one attached hydrogen (secondary N) is 1. The molecule has 2 aliphatic heterocycles. The van der Waals surface area contributed by atoms with Crippen molar-refractivity contribution >= 4 is 44.0 Å². The highest BCUT2D eigenvalue weighted by atomic mass is 32.2. The molecule has 1 aliphatic carbocycles. The van der Waals surface area contributed by atoms with Gasteiger partial charge in [-0.05, 0) is 93.8 Å². The Hall–Kier alpha value is -3.57. The summed E-state index contributed by atoms with van der Waals surface area (Å²) in [6.07, 6.45) is 14.4. The minimum absolute atomic E-state index is 0.457. The van der Waals surface area contributed by atoms with Crippen molar-refractivity contribution < 1.29 is 4.21 Å². The van der Waals surface area contributed by atoms with E-state index in [1.54, 1.807) is 18.6 Å². The zero-order chi connectivity index (χ0) is 29.6. The second kappa shape index (κ2) is 11.5. The Balaban J connectivity index is 1.08. The normalized spacial score (nSPS) is 19.2. The number of fused-ring (bicyclic) bond motifs is 1. The van der Waals surface area contributed by atoms with Gasteiger partial charge in [0.1, 0.15) is 11.6 Å². The first-order chi connectivity index (χ1) is 20.8. The highest BCUT2D eigenvalue weighted by Gasteiger charge is 2.30. The van der Waals surface area contributed by atoms with Crippen LogP contribution in [-0.2, 0) is 9.73 Å². The largest absolute Gasteiger partial charge is 0.370 e. The standard InChI is InChI=1S/C32H41N9OS/c1-22-11-15-39(16-12-22)25-13-17-40(18-14-25)26-9-10-28(33-21-26)36-32-34-20-24-19-27(23-7-8-23)41(31(24)37-32)30-6-4-5-29(35-30)38-43(2,3)42/h4-6,9-10,19-23,25H,7-8,11-18H2,1-3H3,(H,33,34,36,37). The Bertz CT molecular complexity index is 1720. The molecule has 4 aromatic heterocycles. The smallest absolute Gasteiger partial charge is 0.230 e.